The van der Waals surface area contributed by atoms with Crippen LogP contribution in [0.4, 0.5) is 5.82 Å². The summed E-state index contributed by atoms with van der Waals surface area (Å²) in [5.74, 6) is 4.05. The maximum atomic E-state index is 6.39. The zero-order chi connectivity index (χ0) is 31.9. The van der Waals surface area contributed by atoms with Crippen LogP contribution in [0.1, 0.15) is 30.4 Å². The van der Waals surface area contributed by atoms with Gasteiger partial charge in [0.15, 0.2) is 0 Å². The van der Waals surface area contributed by atoms with Gasteiger partial charge in [0.1, 0.15) is 18.2 Å². The van der Waals surface area contributed by atoms with Gasteiger partial charge in [0, 0.05) is 100 Å². The summed E-state index contributed by atoms with van der Waals surface area (Å²) < 4.78 is 19.2. The molecule has 5 aliphatic rings. The molecule has 248 valence electrons. The zero-order valence-corrected chi connectivity index (χ0v) is 27.7. The molecule has 0 radical (unpaired) electrons. The number of fused-ring (bicyclic) bond motifs is 4. The molecule has 11 heteroatoms. The number of piperazine rings is 1. The second kappa shape index (κ2) is 13.0. The molecule has 4 unspecified atom stereocenters. The van der Waals surface area contributed by atoms with E-state index in [1.165, 1.54) is 24.8 Å². The molecule has 4 aliphatic heterocycles. The highest BCUT2D eigenvalue weighted by Crippen LogP contribution is 2.39. The molecule has 0 spiro atoms. The number of hydrogen-bond acceptors (Lipinski definition) is 10. The fourth-order valence-corrected chi connectivity index (χ4v) is 8.49. The van der Waals surface area contributed by atoms with Crippen LogP contribution in [0.15, 0.2) is 55.1 Å². The SMILES string of the molecule is CNCc1cnn2cc(OCCN3CC4CC(OC)CC4C3)cc(-c3ccc(N4CC5CC(C4)N5Cc4ccc(OC)nc4)nc3)c12. The maximum Gasteiger partial charge on any atom is 0.212 e. The van der Waals surface area contributed by atoms with Crippen LogP contribution in [0.25, 0.3) is 16.6 Å². The number of rotatable bonds is 12. The van der Waals surface area contributed by atoms with Crippen molar-refractivity contribution in [2.45, 2.75) is 50.5 Å². The summed E-state index contributed by atoms with van der Waals surface area (Å²) in [6, 6.07) is 11.7. The Morgan fingerprint density at radius 1 is 0.915 bits per heavy atom. The van der Waals surface area contributed by atoms with Gasteiger partial charge < -0.3 is 24.4 Å². The number of hydrogen-bond donors (Lipinski definition) is 1. The van der Waals surface area contributed by atoms with Crippen molar-refractivity contribution in [3.8, 4) is 22.8 Å². The Hall–Kier alpha value is -3.77. The number of methoxy groups -OCH3 is 2. The number of anilines is 1. The Labute approximate surface area is 276 Å². The van der Waals surface area contributed by atoms with Gasteiger partial charge in [0.25, 0.3) is 0 Å². The molecule has 9 rings (SSSR count). The van der Waals surface area contributed by atoms with E-state index < -0.39 is 0 Å². The summed E-state index contributed by atoms with van der Waals surface area (Å²) in [7, 11) is 5.47. The number of nitrogens with one attached hydrogen (secondary N) is 1. The van der Waals surface area contributed by atoms with E-state index in [4.69, 9.17) is 24.3 Å². The molecule has 1 saturated carbocycles. The molecule has 0 aromatic carbocycles. The van der Waals surface area contributed by atoms with E-state index in [0.29, 0.717) is 30.7 Å². The number of likely N-dealkylation sites (tertiary alicyclic amines) is 1. The van der Waals surface area contributed by atoms with Crippen molar-refractivity contribution in [2.24, 2.45) is 11.8 Å². The molecule has 1 aliphatic carbocycles. The second-order valence-electron chi connectivity index (χ2n) is 13.8. The van der Waals surface area contributed by atoms with Crippen LogP contribution in [-0.4, -0.2) is 108 Å². The van der Waals surface area contributed by atoms with Crippen molar-refractivity contribution in [1.29, 1.82) is 0 Å². The maximum absolute atomic E-state index is 6.39. The smallest absolute Gasteiger partial charge is 0.212 e. The lowest BCUT2D eigenvalue weighted by Gasteiger charge is -2.56. The first-order valence-electron chi connectivity index (χ1n) is 17.1. The van der Waals surface area contributed by atoms with E-state index in [9.17, 15) is 0 Å². The Morgan fingerprint density at radius 3 is 2.43 bits per heavy atom. The predicted octanol–water partition coefficient (Wildman–Crippen LogP) is 3.72. The fraction of sp³-hybridized carbons (Fsp3) is 0.528. The van der Waals surface area contributed by atoms with Gasteiger partial charge in [-0.05, 0) is 61.9 Å². The van der Waals surface area contributed by atoms with Gasteiger partial charge in [-0.3, -0.25) is 9.80 Å². The number of nitrogens with zero attached hydrogens (tertiary/aromatic N) is 7. The summed E-state index contributed by atoms with van der Waals surface area (Å²) in [4.78, 5) is 17.0. The van der Waals surface area contributed by atoms with E-state index >= 15 is 0 Å². The van der Waals surface area contributed by atoms with Gasteiger partial charge >= 0.3 is 0 Å². The summed E-state index contributed by atoms with van der Waals surface area (Å²) in [5, 5.41) is 8.00. The molecule has 8 heterocycles. The largest absolute Gasteiger partial charge is 0.491 e. The molecule has 47 heavy (non-hydrogen) atoms. The molecular formula is C36H46N8O3. The minimum absolute atomic E-state index is 0.448. The quantitative estimate of drug-likeness (QED) is 0.248. The molecule has 5 fully saturated rings. The summed E-state index contributed by atoms with van der Waals surface area (Å²) in [6.45, 7) is 7.53. The van der Waals surface area contributed by atoms with Gasteiger partial charge in [0.2, 0.25) is 5.88 Å². The number of pyridine rings is 3. The Bertz CT molecular complexity index is 1650. The van der Waals surface area contributed by atoms with E-state index in [-0.39, 0.29) is 0 Å². The monoisotopic (exact) mass is 638 g/mol. The average molecular weight is 639 g/mol. The van der Waals surface area contributed by atoms with Crippen molar-refractivity contribution in [3.05, 3.63) is 66.2 Å². The minimum atomic E-state index is 0.448. The third kappa shape index (κ3) is 6.06. The highest BCUT2D eigenvalue weighted by molar-refractivity contribution is 5.83. The first-order chi connectivity index (χ1) is 23.1. The Kier molecular flexibility index (Phi) is 8.47. The van der Waals surface area contributed by atoms with Crippen LogP contribution in [0.2, 0.25) is 0 Å². The molecule has 0 amide bonds. The molecule has 1 N–H and O–H groups in total. The molecule has 4 aromatic rings. The van der Waals surface area contributed by atoms with E-state index in [1.807, 2.05) is 49.5 Å². The lowest BCUT2D eigenvalue weighted by Crippen LogP contribution is -2.68. The topological polar surface area (TPSA) is 92.5 Å². The van der Waals surface area contributed by atoms with E-state index in [2.05, 4.69) is 49.3 Å². The van der Waals surface area contributed by atoms with Crippen molar-refractivity contribution in [1.82, 2.24) is 34.7 Å². The number of ether oxygens (including phenoxy) is 3. The number of aromatic nitrogens is 4. The van der Waals surface area contributed by atoms with Crippen molar-refractivity contribution >= 4 is 11.3 Å². The van der Waals surface area contributed by atoms with Gasteiger partial charge in [-0.15, -0.1) is 0 Å². The van der Waals surface area contributed by atoms with Crippen LogP contribution in [0, 0.1) is 11.8 Å². The number of piperidine rings is 1. The van der Waals surface area contributed by atoms with Crippen LogP contribution < -0.4 is 19.7 Å². The summed E-state index contributed by atoms with van der Waals surface area (Å²) >= 11 is 0. The minimum Gasteiger partial charge on any atom is -0.491 e. The molecule has 4 atom stereocenters. The second-order valence-corrected chi connectivity index (χ2v) is 13.8. The highest BCUT2D eigenvalue weighted by atomic mass is 16.5. The van der Waals surface area contributed by atoms with Crippen molar-refractivity contribution < 1.29 is 14.2 Å². The normalized spacial score (nSPS) is 25.7. The van der Waals surface area contributed by atoms with Crippen LogP contribution >= 0.6 is 0 Å². The molecule has 2 bridgehead atoms. The van der Waals surface area contributed by atoms with Crippen LogP contribution in [0.3, 0.4) is 0 Å². The van der Waals surface area contributed by atoms with Gasteiger partial charge in [-0.25, -0.2) is 14.5 Å². The lowest BCUT2D eigenvalue weighted by atomic mass is 9.87. The van der Waals surface area contributed by atoms with Crippen molar-refractivity contribution in [3.63, 3.8) is 0 Å². The van der Waals surface area contributed by atoms with E-state index in [1.54, 1.807) is 7.11 Å². The van der Waals surface area contributed by atoms with Crippen molar-refractivity contribution in [2.75, 3.05) is 65.5 Å². The molecule has 11 nitrogen and oxygen atoms in total. The summed E-state index contributed by atoms with van der Waals surface area (Å²) in [5.41, 5.74) is 5.62. The predicted molar refractivity (Wildman–Crippen MR) is 181 cm³/mol. The van der Waals surface area contributed by atoms with Gasteiger partial charge in [-0.1, -0.05) is 6.07 Å². The Morgan fingerprint density at radius 2 is 1.74 bits per heavy atom. The molecule has 4 aromatic heterocycles. The fourth-order valence-electron chi connectivity index (χ4n) is 8.49. The summed E-state index contributed by atoms with van der Waals surface area (Å²) in [6.07, 6.45) is 12.0. The average Bonchev–Trinajstić information content (AvgIpc) is 3.81. The zero-order valence-electron chi connectivity index (χ0n) is 27.7. The Balaban J connectivity index is 0.939. The third-order valence-corrected chi connectivity index (χ3v) is 10.9. The van der Waals surface area contributed by atoms with Gasteiger partial charge in [0.05, 0.1) is 31.1 Å². The van der Waals surface area contributed by atoms with Gasteiger partial charge in [-0.2, -0.15) is 5.10 Å². The standard InChI is InChI=1S/C36H46N8O3/c1-37-15-28-17-40-44-23-32(47-9-8-41-19-26-10-31(45-2)11-27(26)20-41)13-33(36(28)44)25-5-6-34(38-16-25)42-21-29-12-30(22-42)43(29)18-24-4-7-35(46-3)39-14-24/h4-7,13-14,16-17,23,26-27,29-31,37H,8-12,15,18-22H2,1-3H3. The van der Waals surface area contributed by atoms with Crippen LogP contribution in [0.5, 0.6) is 11.6 Å². The highest BCUT2D eigenvalue weighted by Gasteiger charge is 2.45. The first kappa shape index (κ1) is 30.6. The molecule has 4 saturated heterocycles. The lowest BCUT2D eigenvalue weighted by molar-refractivity contribution is -0.00876. The van der Waals surface area contributed by atoms with E-state index in [0.717, 1.165) is 91.4 Å². The first-order valence-corrected chi connectivity index (χ1v) is 17.1. The third-order valence-electron chi connectivity index (χ3n) is 10.9. The van der Waals surface area contributed by atoms with Crippen LogP contribution in [-0.2, 0) is 17.8 Å². The molecular weight excluding hydrogens is 592 g/mol.